The highest BCUT2D eigenvalue weighted by atomic mass is 79.9. The van der Waals surface area contributed by atoms with E-state index in [1.165, 1.54) is 0 Å². The fourth-order valence-electron chi connectivity index (χ4n) is 2.98. The van der Waals surface area contributed by atoms with Gasteiger partial charge in [-0.05, 0) is 30.3 Å². The Hall–Kier alpha value is -2.51. The number of nitrogens with zero attached hydrogens (tertiary/aromatic N) is 2. The fraction of sp³-hybridized carbons (Fsp3) is 0.158. The SMILES string of the molecule is Cn1c(-c2ccc3c(c2)OCO3)c[n+](CC(=O)c2cccc(Cl)c2)c1N.[Br-]. The molecule has 4 rings (SSSR count). The standard InChI is InChI=1S/C19H16ClN3O3.BrH/c1-22-15(12-5-6-17-18(8-12)26-11-25-17)9-23(19(22)21)10-16(24)13-3-2-4-14(20)7-13;/h2-9,21H,10-11H2,1H3;1H. The third-order valence-electron chi connectivity index (χ3n) is 4.41. The first-order valence-electron chi connectivity index (χ1n) is 8.06. The number of carbonyl (C=O) groups is 1. The number of Topliss-reactive ketones (excluding diaryl/α,β-unsaturated/α-hetero) is 1. The molecule has 3 aromatic rings. The van der Waals surface area contributed by atoms with Crippen molar-refractivity contribution in [2.45, 2.75) is 6.54 Å². The van der Waals surface area contributed by atoms with Crippen molar-refractivity contribution >= 4 is 23.3 Å². The maximum Gasteiger partial charge on any atom is 0.355 e. The Balaban J connectivity index is 0.00000210. The van der Waals surface area contributed by atoms with Crippen LogP contribution >= 0.6 is 11.6 Å². The van der Waals surface area contributed by atoms with Gasteiger partial charge in [-0.1, -0.05) is 23.7 Å². The maximum absolute atomic E-state index is 12.5. The van der Waals surface area contributed by atoms with Crippen LogP contribution in [0.2, 0.25) is 5.02 Å². The molecule has 1 aliphatic heterocycles. The van der Waals surface area contributed by atoms with Crippen molar-refractivity contribution in [3.05, 3.63) is 59.2 Å². The zero-order chi connectivity index (χ0) is 18.3. The van der Waals surface area contributed by atoms with Gasteiger partial charge in [0.25, 0.3) is 0 Å². The number of hydrogen-bond donors (Lipinski definition) is 1. The van der Waals surface area contributed by atoms with Crippen LogP contribution in [0.1, 0.15) is 10.4 Å². The lowest BCUT2D eigenvalue weighted by molar-refractivity contribution is -0.667. The van der Waals surface area contributed by atoms with Crippen LogP contribution in [0, 0.1) is 0 Å². The van der Waals surface area contributed by atoms with Gasteiger partial charge in [-0.3, -0.25) is 10.5 Å². The van der Waals surface area contributed by atoms with E-state index in [2.05, 4.69) is 0 Å². The molecule has 1 aliphatic rings. The summed E-state index contributed by atoms with van der Waals surface area (Å²) in [5, 5.41) is 0.530. The summed E-state index contributed by atoms with van der Waals surface area (Å²) in [5.41, 5.74) is 8.56. The second-order valence-corrected chi connectivity index (χ2v) is 6.50. The second-order valence-electron chi connectivity index (χ2n) is 6.06. The molecule has 2 heterocycles. The van der Waals surface area contributed by atoms with Crippen molar-refractivity contribution in [3.63, 3.8) is 0 Å². The van der Waals surface area contributed by atoms with Crippen LogP contribution in [0.3, 0.4) is 0 Å². The quantitative estimate of drug-likeness (QED) is 0.443. The molecular weight excluding hydrogens is 434 g/mol. The number of fused-ring (bicyclic) bond motifs is 1. The molecule has 0 amide bonds. The van der Waals surface area contributed by atoms with E-state index < -0.39 is 0 Å². The summed E-state index contributed by atoms with van der Waals surface area (Å²) in [6, 6.07) is 12.6. The normalized spacial score (nSPS) is 11.9. The van der Waals surface area contributed by atoms with Gasteiger partial charge >= 0.3 is 5.95 Å². The van der Waals surface area contributed by atoms with E-state index in [1.54, 1.807) is 28.8 Å². The topological polar surface area (TPSA) is 70.4 Å². The number of anilines is 1. The molecule has 140 valence electrons. The molecule has 0 atom stereocenters. The lowest BCUT2D eigenvalue weighted by Crippen LogP contribution is -3.00. The van der Waals surface area contributed by atoms with Gasteiger partial charge in [-0.15, -0.1) is 0 Å². The summed E-state index contributed by atoms with van der Waals surface area (Å²) >= 11 is 5.97. The molecule has 1 aromatic heterocycles. The van der Waals surface area contributed by atoms with E-state index in [9.17, 15) is 4.79 Å². The van der Waals surface area contributed by atoms with E-state index in [0.717, 1.165) is 17.0 Å². The number of carbonyl (C=O) groups excluding carboxylic acids is 1. The Bertz CT molecular complexity index is 1020. The molecule has 0 bridgehead atoms. The lowest BCUT2D eigenvalue weighted by Gasteiger charge is -2.01. The first-order valence-corrected chi connectivity index (χ1v) is 8.44. The van der Waals surface area contributed by atoms with Gasteiger partial charge in [-0.2, -0.15) is 0 Å². The summed E-state index contributed by atoms with van der Waals surface area (Å²) in [7, 11) is 1.86. The second kappa shape index (κ2) is 7.62. The number of ketones is 1. The van der Waals surface area contributed by atoms with E-state index in [0.29, 0.717) is 22.3 Å². The number of aromatic nitrogens is 2. The summed E-state index contributed by atoms with van der Waals surface area (Å²) in [6.07, 6.45) is 1.86. The molecule has 2 N–H and O–H groups in total. The van der Waals surface area contributed by atoms with Crippen molar-refractivity contribution in [2.75, 3.05) is 12.5 Å². The van der Waals surface area contributed by atoms with E-state index >= 15 is 0 Å². The number of rotatable bonds is 4. The minimum absolute atomic E-state index is 0. The zero-order valence-corrected chi connectivity index (χ0v) is 16.8. The molecule has 0 unspecified atom stereocenters. The van der Waals surface area contributed by atoms with Gasteiger partial charge in [0.1, 0.15) is 18.4 Å². The highest BCUT2D eigenvalue weighted by molar-refractivity contribution is 6.30. The van der Waals surface area contributed by atoms with Crippen LogP contribution in [0.4, 0.5) is 5.95 Å². The number of imidazole rings is 1. The zero-order valence-electron chi connectivity index (χ0n) is 14.5. The molecule has 0 fully saturated rings. The number of halogens is 2. The minimum atomic E-state index is -0.0629. The summed E-state index contributed by atoms with van der Waals surface area (Å²) < 4.78 is 14.3. The summed E-state index contributed by atoms with van der Waals surface area (Å²) in [6.45, 7) is 0.354. The Morgan fingerprint density at radius 1 is 1.22 bits per heavy atom. The van der Waals surface area contributed by atoms with Crippen LogP contribution in [0.15, 0.2) is 48.7 Å². The predicted molar refractivity (Wildman–Crippen MR) is 97.4 cm³/mol. The molecule has 0 aliphatic carbocycles. The Labute approximate surface area is 171 Å². The average Bonchev–Trinajstić information content (AvgIpc) is 3.21. The molecular formula is C19H17BrClN3O3. The molecule has 0 radical (unpaired) electrons. The lowest BCUT2D eigenvalue weighted by atomic mass is 10.1. The largest absolute Gasteiger partial charge is 1.00 e. The van der Waals surface area contributed by atoms with Crippen LogP contribution in [-0.4, -0.2) is 17.1 Å². The van der Waals surface area contributed by atoms with Crippen LogP contribution in [0.25, 0.3) is 11.3 Å². The first-order chi connectivity index (χ1) is 12.5. The van der Waals surface area contributed by atoms with Gasteiger partial charge in [0.2, 0.25) is 6.79 Å². The van der Waals surface area contributed by atoms with E-state index in [-0.39, 0.29) is 36.1 Å². The average molecular weight is 451 g/mol. The van der Waals surface area contributed by atoms with Gasteiger partial charge < -0.3 is 26.5 Å². The highest BCUT2D eigenvalue weighted by Crippen LogP contribution is 2.35. The fourth-order valence-corrected chi connectivity index (χ4v) is 3.17. The number of benzene rings is 2. The Morgan fingerprint density at radius 3 is 2.78 bits per heavy atom. The highest BCUT2D eigenvalue weighted by Gasteiger charge is 2.22. The molecule has 27 heavy (non-hydrogen) atoms. The van der Waals surface area contributed by atoms with Gasteiger partial charge in [0.15, 0.2) is 17.3 Å². The third kappa shape index (κ3) is 3.65. The van der Waals surface area contributed by atoms with Gasteiger partial charge in [0.05, 0.1) is 7.05 Å². The molecule has 0 spiro atoms. The molecule has 2 aromatic carbocycles. The molecule has 6 nitrogen and oxygen atoms in total. The molecule has 8 heteroatoms. The predicted octanol–water partition coefficient (Wildman–Crippen LogP) is -0.169. The molecule has 0 saturated carbocycles. The minimum Gasteiger partial charge on any atom is -1.00 e. The smallest absolute Gasteiger partial charge is 0.355 e. The maximum atomic E-state index is 12.5. The monoisotopic (exact) mass is 449 g/mol. The number of nitrogens with two attached hydrogens (primary N) is 1. The Morgan fingerprint density at radius 2 is 2.00 bits per heavy atom. The van der Waals surface area contributed by atoms with E-state index in [1.807, 2.05) is 36.0 Å². The van der Waals surface area contributed by atoms with Crippen molar-refractivity contribution in [2.24, 2.45) is 7.05 Å². The number of hydrogen-bond acceptors (Lipinski definition) is 4. The Kier molecular flexibility index (Phi) is 5.43. The van der Waals surface area contributed by atoms with E-state index in [4.69, 9.17) is 26.8 Å². The number of nitrogen functional groups attached to an aromatic ring is 1. The van der Waals surface area contributed by atoms with Crippen molar-refractivity contribution in [3.8, 4) is 22.8 Å². The van der Waals surface area contributed by atoms with Gasteiger partial charge in [-0.25, -0.2) is 9.13 Å². The van der Waals surface area contributed by atoms with Crippen LogP contribution in [-0.2, 0) is 13.6 Å². The number of ether oxygens (including phenoxy) is 2. The third-order valence-corrected chi connectivity index (χ3v) is 4.64. The van der Waals surface area contributed by atoms with Gasteiger partial charge in [0, 0.05) is 16.1 Å². The summed E-state index contributed by atoms with van der Waals surface area (Å²) in [5.74, 6) is 1.84. The van der Waals surface area contributed by atoms with Crippen molar-refractivity contribution < 1.29 is 35.8 Å². The van der Waals surface area contributed by atoms with Crippen LogP contribution < -0.4 is 36.8 Å². The van der Waals surface area contributed by atoms with Crippen molar-refractivity contribution in [1.29, 1.82) is 0 Å². The molecule has 0 saturated heterocycles. The summed E-state index contributed by atoms with van der Waals surface area (Å²) in [4.78, 5) is 12.5. The van der Waals surface area contributed by atoms with Crippen LogP contribution in [0.5, 0.6) is 11.5 Å². The van der Waals surface area contributed by atoms with Crippen molar-refractivity contribution in [1.82, 2.24) is 4.57 Å². The first kappa shape index (κ1) is 19.3.